The molecule has 2 aromatic rings. The van der Waals surface area contributed by atoms with Crippen LogP contribution in [-0.4, -0.2) is 25.7 Å². The highest BCUT2D eigenvalue weighted by Gasteiger charge is 2.29. The molecule has 2 aromatic carbocycles. The van der Waals surface area contributed by atoms with Gasteiger partial charge in [0.1, 0.15) is 11.3 Å². The predicted octanol–water partition coefficient (Wildman–Crippen LogP) is 3.82. The molecule has 2 rings (SSSR count). The van der Waals surface area contributed by atoms with E-state index < -0.39 is 23.8 Å². The molecule has 0 radical (unpaired) electrons. The number of carbonyl (C=O) groups excluding carboxylic acids is 2. The Morgan fingerprint density at radius 3 is 2.31 bits per heavy atom. The van der Waals surface area contributed by atoms with Gasteiger partial charge < -0.3 is 14.8 Å². The van der Waals surface area contributed by atoms with Gasteiger partial charge in [-0.2, -0.15) is 13.2 Å². The van der Waals surface area contributed by atoms with Crippen LogP contribution in [-0.2, 0) is 17.3 Å². The number of carbonyl (C=O) groups is 2. The molecule has 0 aliphatic heterocycles. The number of hydrogen-bond acceptors (Lipinski definition) is 4. The third kappa shape index (κ3) is 5.23. The summed E-state index contributed by atoms with van der Waals surface area (Å²) in [4.78, 5) is 23.4. The zero-order valence-corrected chi connectivity index (χ0v) is 13.8. The average Bonchev–Trinajstić information content (AvgIpc) is 2.61. The lowest BCUT2D eigenvalue weighted by Gasteiger charge is -2.10. The van der Waals surface area contributed by atoms with Crippen LogP contribution in [0, 0.1) is 0 Å². The van der Waals surface area contributed by atoms with Crippen LogP contribution in [0.5, 0.6) is 5.75 Å². The summed E-state index contributed by atoms with van der Waals surface area (Å²) in [6.45, 7) is 0.157. The van der Waals surface area contributed by atoms with Gasteiger partial charge in [-0.05, 0) is 36.2 Å². The largest absolute Gasteiger partial charge is 0.465 e. The van der Waals surface area contributed by atoms with E-state index in [-0.39, 0.29) is 17.9 Å². The van der Waals surface area contributed by atoms with E-state index in [2.05, 4.69) is 10.1 Å². The van der Waals surface area contributed by atoms with E-state index in [0.717, 1.165) is 12.1 Å². The number of esters is 1. The Morgan fingerprint density at radius 2 is 1.69 bits per heavy atom. The highest BCUT2D eigenvalue weighted by Crippen LogP contribution is 2.29. The van der Waals surface area contributed by atoms with Crippen molar-refractivity contribution in [3.05, 3.63) is 65.2 Å². The molecule has 0 spiro atoms. The molecule has 0 heterocycles. The number of amides is 1. The maximum absolute atomic E-state index is 12.5. The van der Waals surface area contributed by atoms with Gasteiger partial charge in [-0.25, -0.2) is 9.59 Å². The second kappa shape index (κ2) is 8.37. The van der Waals surface area contributed by atoms with Crippen molar-refractivity contribution in [3.63, 3.8) is 0 Å². The van der Waals surface area contributed by atoms with E-state index in [1.807, 2.05) is 0 Å². The summed E-state index contributed by atoms with van der Waals surface area (Å²) < 4.78 is 47.2. The number of rotatable bonds is 5. The average molecular weight is 367 g/mol. The van der Waals surface area contributed by atoms with Crippen LogP contribution in [0.15, 0.2) is 48.5 Å². The number of nitrogens with one attached hydrogen (secondary N) is 1. The Bertz CT molecular complexity index is 773. The molecule has 0 bridgehead atoms. The van der Waals surface area contributed by atoms with Gasteiger partial charge in [0.05, 0.1) is 12.7 Å². The summed E-state index contributed by atoms with van der Waals surface area (Å²) in [5, 5.41) is 2.47. The van der Waals surface area contributed by atoms with Crippen LogP contribution < -0.4 is 10.1 Å². The van der Waals surface area contributed by atoms with Crippen LogP contribution in [0.2, 0.25) is 0 Å². The summed E-state index contributed by atoms with van der Waals surface area (Å²) in [5.74, 6) is -0.593. The molecule has 1 N–H and O–H groups in total. The normalized spacial score (nSPS) is 10.9. The summed E-state index contributed by atoms with van der Waals surface area (Å²) in [5.41, 5.74) is 0.00851. The molecular formula is C18H16F3NO4. The van der Waals surface area contributed by atoms with Crippen molar-refractivity contribution < 1.29 is 32.2 Å². The van der Waals surface area contributed by atoms with Crippen molar-refractivity contribution in [2.24, 2.45) is 0 Å². The number of halogens is 3. The quantitative estimate of drug-likeness (QED) is 0.816. The van der Waals surface area contributed by atoms with Crippen LogP contribution in [0.1, 0.15) is 21.5 Å². The fraction of sp³-hybridized carbons (Fsp3) is 0.222. The molecule has 0 atom stereocenters. The molecule has 0 unspecified atom stereocenters. The Hall–Kier alpha value is -3.03. The van der Waals surface area contributed by atoms with Crippen LogP contribution in [0.4, 0.5) is 18.0 Å². The van der Waals surface area contributed by atoms with Gasteiger partial charge in [0.15, 0.2) is 0 Å². The van der Waals surface area contributed by atoms with E-state index in [4.69, 9.17) is 4.74 Å². The van der Waals surface area contributed by atoms with Gasteiger partial charge in [0.2, 0.25) is 0 Å². The van der Waals surface area contributed by atoms with Gasteiger partial charge in [0.25, 0.3) is 0 Å². The Labute approximate surface area is 147 Å². The number of para-hydroxylation sites is 1. The van der Waals surface area contributed by atoms with Crippen molar-refractivity contribution in [1.29, 1.82) is 0 Å². The summed E-state index contributed by atoms with van der Waals surface area (Å²) >= 11 is 0. The Kier molecular flexibility index (Phi) is 6.21. The van der Waals surface area contributed by atoms with E-state index in [1.165, 1.54) is 31.4 Å². The zero-order chi connectivity index (χ0) is 19.2. The van der Waals surface area contributed by atoms with Gasteiger partial charge in [-0.1, -0.05) is 24.3 Å². The topological polar surface area (TPSA) is 64.6 Å². The van der Waals surface area contributed by atoms with Crippen molar-refractivity contribution in [1.82, 2.24) is 5.32 Å². The van der Waals surface area contributed by atoms with Crippen molar-refractivity contribution in [2.75, 3.05) is 13.7 Å². The maximum atomic E-state index is 12.5. The minimum absolute atomic E-state index is 0.0476. The Morgan fingerprint density at radius 1 is 1.04 bits per heavy atom. The first-order chi connectivity index (χ1) is 12.3. The molecule has 5 nitrogen and oxygen atoms in total. The molecule has 138 valence electrons. The van der Waals surface area contributed by atoms with Crippen LogP contribution >= 0.6 is 0 Å². The summed E-state index contributed by atoms with van der Waals surface area (Å²) in [7, 11) is 1.21. The fourth-order valence-corrected chi connectivity index (χ4v) is 2.14. The van der Waals surface area contributed by atoms with Crippen LogP contribution in [0.3, 0.4) is 0 Å². The first kappa shape index (κ1) is 19.3. The van der Waals surface area contributed by atoms with E-state index in [1.54, 1.807) is 12.1 Å². The number of alkyl halides is 3. The van der Waals surface area contributed by atoms with Crippen LogP contribution in [0.25, 0.3) is 0 Å². The third-order valence-corrected chi connectivity index (χ3v) is 3.46. The number of methoxy groups -OCH3 is 1. The molecule has 1 amide bonds. The van der Waals surface area contributed by atoms with E-state index in [0.29, 0.717) is 12.0 Å². The standard InChI is InChI=1S/C18H16F3NO4/c1-25-16(23)14-4-2-3-5-15(14)26-17(24)22-11-10-12-6-8-13(9-7-12)18(19,20)21/h2-9H,10-11H2,1H3,(H,22,24). The lowest BCUT2D eigenvalue weighted by molar-refractivity contribution is -0.137. The lowest BCUT2D eigenvalue weighted by atomic mass is 10.1. The molecule has 0 aromatic heterocycles. The van der Waals surface area contributed by atoms with Gasteiger partial charge in [-0.3, -0.25) is 0 Å². The molecule has 0 saturated heterocycles. The zero-order valence-electron chi connectivity index (χ0n) is 13.8. The van der Waals surface area contributed by atoms with Crippen molar-refractivity contribution in [3.8, 4) is 5.75 Å². The van der Waals surface area contributed by atoms with Gasteiger partial charge >= 0.3 is 18.2 Å². The molecule has 8 heteroatoms. The minimum atomic E-state index is -4.38. The molecular weight excluding hydrogens is 351 g/mol. The minimum Gasteiger partial charge on any atom is -0.465 e. The molecule has 0 aliphatic rings. The number of benzene rings is 2. The fourth-order valence-electron chi connectivity index (χ4n) is 2.14. The molecule has 26 heavy (non-hydrogen) atoms. The molecule has 0 aliphatic carbocycles. The highest BCUT2D eigenvalue weighted by atomic mass is 19.4. The number of hydrogen-bond donors (Lipinski definition) is 1. The summed E-state index contributed by atoms with van der Waals surface area (Å²) in [6, 6.07) is 10.8. The molecule has 0 fully saturated rings. The SMILES string of the molecule is COC(=O)c1ccccc1OC(=O)NCCc1ccc(C(F)(F)F)cc1. The Balaban J connectivity index is 1.87. The first-order valence-corrected chi connectivity index (χ1v) is 7.60. The number of ether oxygens (including phenoxy) is 2. The van der Waals surface area contributed by atoms with Crippen molar-refractivity contribution >= 4 is 12.1 Å². The first-order valence-electron chi connectivity index (χ1n) is 7.60. The second-order valence-electron chi connectivity index (χ2n) is 5.25. The van der Waals surface area contributed by atoms with E-state index in [9.17, 15) is 22.8 Å². The van der Waals surface area contributed by atoms with Gasteiger partial charge in [0, 0.05) is 6.54 Å². The monoisotopic (exact) mass is 367 g/mol. The van der Waals surface area contributed by atoms with Crippen molar-refractivity contribution in [2.45, 2.75) is 12.6 Å². The predicted molar refractivity (Wildman–Crippen MR) is 87.0 cm³/mol. The lowest BCUT2D eigenvalue weighted by Crippen LogP contribution is -2.29. The maximum Gasteiger partial charge on any atom is 0.416 e. The highest BCUT2D eigenvalue weighted by molar-refractivity contribution is 5.93. The smallest absolute Gasteiger partial charge is 0.416 e. The van der Waals surface area contributed by atoms with E-state index >= 15 is 0 Å². The second-order valence-corrected chi connectivity index (χ2v) is 5.25. The van der Waals surface area contributed by atoms with Gasteiger partial charge in [-0.15, -0.1) is 0 Å². The molecule has 0 saturated carbocycles. The summed E-state index contributed by atoms with van der Waals surface area (Å²) in [6.07, 6.45) is -4.84. The third-order valence-electron chi connectivity index (χ3n) is 3.46.